The van der Waals surface area contributed by atoms with Crippen LogP contribution in [0, 0.1) is 8.99 Å². The SMILES string of the molecule is CC1(C(N)=O)CCN(c2nc[nH]c(=O)c2I)C1. The van der Waals surface area contributed by atoms with Gasteiger partial charge in [0.25, 0.3) is 5.56 Å². The molecule has 1 aliphatic heterocycles. The van der Waals surface area contributed by atoms with Gasteiger partial charge in [-0.15, -0.1) is 0 Å². The van der Waals surface area contributed by atoms with Gasteiger partial charge in [0, 0.05) is 13.1 Å². The second kappa shape index (κ2) is 4.28. The molecule has 1 aliphatic rings. The van der Waals surface area contributed by atoms with Gasteiger partial charge in [0.15, 0.2) is 0 Å². The number of aromatic amines is 1. The van der Waals surface area contributed by atoms with Gasteiger partial charge in [0.2, 0.25) is 5.91 Å². The summed E-state index contributed by atoms with van der Waals surface area (Å²) in [6.07, 6.45) is 2.06. The molecule has 1 amide bonds. The van der Waals surface area contributed by atoms with Crippen LogP contribution < -0.4 is 16.2 Å². The summed E-state index contributed by atoms with van der Waals surface area (Å²) in [6.45, 7) is 3.04. The van der Waals surface area contributed by atoms with Crippen LogP contribution >= 0.6 is 22.6 Å². The predicted molar refractivity (Wildman–Crippen MR) is 71.7 cm³/mol. The molecule has 2 heterocycles. The van der Waals surface area contributed by atoms with E-state index in [-0.39, 0.29) is 11.5 Å². The number of H-pyrrole nitrogens is 1. The molecular formula is C10H13IN4O2. The lowest BCUT2D eigenvalue weighted by Crippen LogP contribution is -2.37. The highest BCUT2D eigenvalue weighted by atomic mass is 127. The van der Waals surface area contributed by atoms with Crippen LogP contribution in [0.5, 0.6) is 0 Å². The molecule has 7 heteroatoms. The number of carbonyl (C=O) groups excluding carboxylic acids is 1. The van der Waals surface area contributed by atoms with Crippen molar-refractivity contribution in [1.82, 2.24) is 9.97 Å². The lowest BCUT2D eigenvalue weighted by Gasteiger charge is -2.22. The first kappa shape index (κ1) is 12.3. The Morgan fingerprint density at radius 2 is 2.41 bits per heavy atom. The number of hydrogen-bond donors (Lipinski definition) is 2. The van der Waals surface area contributed by atoms with Crippen molar-refractivity contribution in [2.24, 2.45) is 11.1 Å². The van der Waals surface area contributed by atoms with E-state index in [2.05, 4.69) is 9.97 Å². The van der Waals surface area contributed by atoms with Gasteiger partial charge in [-0.3, -0.25) is 9.59 Å². The van der Waals surface area contributed by atoms with Gasteiger partial charge < -0.3 is 15.6 Å². The maximum Gasteiger partial charge on any atom is 0.266 e. The van der Waals surface area contributed by atoms with Crippen molar-refractivity contribution in [1.29, 1.82) is 0 Å². The van der Waals surface area contributed by atoms with Crippen LogP contribution in [-0.2, 0) is 4.79 Å². The van der Waals surface area contributed by atoms with Crippen molar-refractivity contribution in [2.45, 2.75) is 13.3 Å². The Hall–Kier alpha value is -1.12. The standard InChI is InChI=1S/C10H13IN4O2/c1-10(9(12)17)2-3-15(4-10)7-6(11)8(16)14-5-13-7/h5H,2-4H2,1H3,(H2,12,17)(H,13,14,16). The van der Waals surface area contributed by atoms with Crippen LogP contribution in [0.3, 0.4) is 0 Å². The molecule has 1 atom stereocenters. The van der Waals surface area contributed by atoms with E-state index in [0.717, 1.165) is 0 Å². The third-order valence-electron chi connectivity index (χ3n) is 3.15. The van der Waals surface area contributed by atoms with E-state index in [1.54, 1.807) is 0 Å². The van der Waals surface area contributed by atoms with Crippen LogP contribution in [0.1, 0.15) is 13.3 Å². The number of rotatable bonds is 2. The molecule has 17 heavy (non-hydrogen) atoms. The first-order valence-corrected chi connectivity index (χ1v) is 6.30. The lowest BCUT2D eigenvalue weighted by molar-refractivity contribution is -0.125. The molecule has 0 aromatic carbocycles. The van der Waals surface area contributed by atoms with E-state index >= 15 is 0 Å². The van der Waals surface area contributed by atoms with Gasteiger partial charge >= 0.3 is 0 Å². The summed E-state index contributed by atoms with van der Waals surface area (Å²) >= 11 is 1.96. The normalized spacial score (nSPS) is 24.0. The Labute approximate surface area is 112 Å². The summed E-state index contributed by atoms with van der Waals surface area (Å²) in [4.78, 5) is 31.4. The molecular weight excluding hydrogens is 335 g/mol. The minimum atomic E-state index is -0.534. The molecule has 0 aliphatic carbocycles. The third-order valence-corrected chi connectivity index (χ3v) is 4.12. The molecule has 1 aromatic rings. The van der Waals surface area contributed by atoms with Crippen LogP contribution in [0.4, 0.5) is 5.82 Å². The lowest BCUT2D eigenvalue weighted by atomic mass is 9.89. The predicted octanol–water partition coefficient (Wildman–Crippen LogP) is 0.0762. The summed E-state index contributed by atoms with van der Waals surface area (Å²) in [5, 5.41) is 0. The minimum Gasteiger partial charge on any atom is -0.369 e. The molecule has 1 unspecified atom stereocenters. The van der Waals surface area contributed by atoms with Crippen molar-refractivity contribution in [3.05, 3.63) is 20.3 Å². The fourth-order valence-corrected chi connectivity index (χ4v) is 2.57. The average molecular weight is 348 g/mol. The van der Waals surface area contributed by atoms with Gasteiger partial charge in [0.1, 0.15) is 9.39 Å². The molecule has 1 saturated heterocycles. The van der Waals surface area contributed by atoms with Gasteiger partial charge in [-0.05, 0) is 35.9 Å². The maximum atomic E-state index is 11.5. The number of hydrogen-bond acceptors (Lipinski definition) is 4. The topological polar surface area (TPSA) is 92.1 Å². The number of carbonyl (C=O) groups is 1. The Balaban J connectivity index is 2.30. The number of nitrogens with two attached hydrogens (primary N) is 1. The number of halogens is 1. The Kier molecular flexibility index (Phi) is 3.11. The number of aromatic nitrogens is 2. The summed E-state index contributed by atoms with van der Waals surface area (Å²) in [6, 6.07) is 0. The van der Waals surface area contributed by atoms with E-state index in [9.17, 15) is 9.59 Å². The van der Waals surface area contributed by atoms with E-state index in [1.165, 1.54) is 6.33 Å². The summed E-state index contributed by atoms with van der Waals surface area (Å²) in [7, 11) is 0. The Morgan fingerprint density at radius 1 is 1.71 bits per heavy atom. The zero-order chi connectivity index (χ0) is 12.6. The largest absolute Gasteiger partial charge is 0.369 e. The highest BCUT2D eigenvalue weighted by molar-refractivity contribution is 14.1. The number of primary amides is 1. The van der Waals surface area contributed by atoms with Crippen LogP contribution in [0.15, 0.2) is 11.1 Å². The zero-order valence-corrected chi connectivity index (χ0v) is 11.5. The fraction of sp³-hybridized carbons (Fsp3) is 0.500. The molecule has 3 N–H and O–H groups in total. The maximum absolute atomic E-state index is 11.5. The second-order valence-electron chi connectivity index (χ2n) is 4.47. The van der Waals surface area contributed by atoms with Gasteiger partial charge in [-0.25, -0.2) is 4.98 Å². The molecule has 0 spiro atoms. The Bertz CT molecular complexity index is 515. The van der Waals surface area contributed by atoms with Crippen LogP contribution in [-0.4, -0.2) is 29.0 Å². The summed E-state index contributed by atoms with van der Waals surface area (Å²) in [5.41, 5.74) is 4.69. The van der Waals surface area contributed by atoms with Crippen LogP contribution in [0.25, 0.3) is 0 Å². The number of nitrogens with one attached hydrogen (secondary N) is 1. The van der Waals surface area contributed by atoms with Gasteiger partial charge in [0.05, 0.1) is 11.7 Å². The van der Waals surface area contributed by atoms with E-state index in [1.807, 2.05) is 34.4 Å². The van der Waals surface area contributed by atoms with Crippen molar-refractivity contribution >= 4 is 34.3 Å². The highest BCUT2D eigenvalue weighted by Crippen LogP contribution is 2.32. The highest BCUT2D eigenvalue weighted by Gasteiger charge is 2.39. The van der Waals surface area contributed by atoms with Gasteiger partial charge in [-0.2, -0.15) is 0 Å². The number of nitrogens with zero attached hydrogens (tertiary/aromatic N) is 2. The van der Waals surface area contributed by atoms with Crippen LogP contribution in [0.2, 0.25) is 0 Å². The first-order chi connectivity index (χ1) is 7.94. The molecule has 2 rings (SSSR count). The third kappa shape index (κ3) is 2.15. The first-order valence-electron chi connectivity index (χ1n) is 5.22. The molecule has 0 saturated carbocycles. The molecule has 0 bridgehead atoms. The molecule has 1 aromatic heterocycles. The van der Waals surface area contributed by atoms with Crippen molar-refractivity contribution < 1.29 is 4.79 Å². The molecule has 1 fully saturated rings. The van der Waals surface area contributed by atoms with Crippen molar-refractivity contribution in [3.8, 4) is 0 Å². The van der Waals surface area contributed by atoms with E-state index in [4.69, 9.17) is 5.73 Å². The molecule has 0 radical (unpaired) electrons. The molecule has 92 valence electrons. The monoisotopic (exact) mass is 348 g/mol. The average Bonchev–Trinajstić information content (AvgIpc) is 2.66. The second-order valence-corrected chi connectivity index (χ2v) is 5.54. The fourth-order valence-electron chi connectivity index (χ4n) is 1.94. The number of amides is 1. The van der Waals surface area contributed by atoms with Crippen molar-refractivity contribution in [2.75, 3.05) is 18.0 Å². The van der Waals surface area contributed by atoms with E-state index in [0.29, 0.717) is 28.9 Å². The summed E-state index contributed by atoms with van der Waals surface area (Å²) < 4.78 is 0.541. The zero-order valence-electron chi connectivity index (χ0n) is 9.36. The van der Waals surface area contributed by atoms with Gasteiger partial charge in [-0.1, -0.05) is 0 Å². The minimum absolute atomic E-state index is 0.164. The summed E-state index contributed by atoms with van der Waals surface area (Å²) in [5.74, 6) is 0.319. The molecule has 6 nitrogen and oxygen atoms in total. The quantitative estimate of drug-likeness (QED) is 0.741. The van der Waals surface area contributed by atoms with Crippen molar-refractivity contribution in [3.63, 3.8) is 0 Å². The van der Waals surface area contributed by atoms with E-state index < -0.39 is 5.41 Å². The smallest absolute Gasteiger partial charge is 0.266 e. The number of anilines is 1. The Morgan fingerprint density at radius 3 is 3.00 bits per heavy atom.